The van der Waals surface area contributed by atoms with Gasteiger partial charge in [0.05, 0.1) is 34.0 Å². The zero-order valence-electron chi connectivity index (χ0n) is 24.9. The van der Waals surface area contributed by atoms with Crippen molar-refractivity contribution in [3.8, 4) is 17.2 Å². The van der Waals surface area contributed by atoms with Crippen LogP contribution in [0.25, 0.3) is 32.1 Å². The summed E-state index contributed by atoms with van der Waals surface area (Å²) < 4.78 is 67.5. The molecule has 3 atom stereocenters. The second kappa shape index (κ2) is 11.6. The molecule has 2 aliphatic rings. The second-order valence-corrected chi connectivity index (χ2v) is 13.4. The molecule has 2 N–H and O–H groups in total. The fourth-order valence-corrected chi connectivity index (χ4v) is 8.82. The quantitative estimate of drug-likeness (QED) is 0.219. The number of thiophene rings is 1. The van der Waals surface area contributed by atoms with Crippen LogP contribution in [-0.2, 0) is 22.3 Å². The lowest BCUT2D eigenvalue weighted by Crippen LogP contribution is -2.58. The van der Waals surface area contributed by atoms with Crippen molar-refractivity contribution in [3.05, 3.63) is 58.3 Å². The van der Waals surface area contributed by atoms with Crippen molar-refractivity contribution in [1.29, 1.82) is 5.26 Å². The number of nitrogen functional groups attached to an aromatic ring is 1. The third-order valence-electron chi connectivity index (χ3n) is 8.48. The van der Waals surface area contributed by atoms with Crippen LogP contribution < -0.4 is 16.3 Å². The number of nitriles is 1. The number of aromatic nitrogens is 2. The van der Waals surface area contributed by atoms with E-state index in [2.05, 4.69) is 11.6 Å². The largest absolute Gasteiger partial charge is 0.417 e. The fourth-order valence-electron chi connectivity index (χ4n) is 6.55. The van der Waals surface area contributed by atoms with E-state index in [4.69, 9.17) is 10.5 Å². The maximum absolute atomic E-state index is 15.2. The molecule has 0 spiro atoms. The number of anilines is 2. The molecular formula is C31H28F4N6O3S2. The summed E-state index contributed by atoms with van der Waals surface area (Å²) in [6.45, 7) is 7.64. The summed E-state index contributed by atoms with van der Waals surface area (Å²) in [7, 11) is 1.46. The van der Waals surface area contributed by atoms with Crippen LogP contribution >= 0.6 is 23.1 Å². The topological polar surface area (TPSA) is 117 Å². The average molecular weight is 673 g/mol. The Morgan fingerprint density at radius 3 is 2.54 bits per heavy atom. The molecule has 1 saturated heterocycles. The van der Waals surface area contributed by atoms with Gasteiger partial charge in [0.25, 0.3) is 0 Å². The van der Waals surface area contributed by atoms with E-state index >= 15 is 17.6 Å². The lowest BCUT2D eigenvalue weighted by atomic mass is 9.92. The lowest BCUT2D eigenvalue weighted by molar-refractivity contribution is -0.137. The monoisotopic (exact) mass is 672 g/mol. The summed E-state index contributed by atoms with van der Waals surface area (Å²) in [4.78, 5) is 34.1. The molecule has 46 heavy (non-hydrogen) atoms. The Balaban J connectivity index is 1.72. The number of ether oxygens (including phenoxy) is 1. The third-order valence-corrected chi connectivity index (χ3v) is 10.7. The molecule has 2 aromatic heterocycles. The van der Waals surface area contributed by atoms with Gasteiger partial charge in [0.1, 0.15) is 22.7 Å². The predicted molar refractivity (Wildman–Crippen MR) is 171 cm³/mol. The first-order chi connectivity index (χ1) is 21.8. The van der Waals surface area contributed by atoms with Gasteiger partial charge in [-0.15, -0.1) is 23.1 Å². The first-order valence-corrected chi connectivity index (χ1v) is 16.1. The van der Waals surface area contributed by atoms with E-state index in [-0.39, 0.29) is 96.8 Å². The van der Waals surface area contributed by atoms with E-state index < -0.39 is 29.4 Å². The van der Waals surface area contributed by atoms with E-state index in [9.17, 15) is 14.9 Å². The number of amides is 1. The Morgan fingerprint density at radius 2 is 1.93 bits per heavy atom. The molecule has 9 nitrogen and oxygen atoms in total. The number of rotatable bonds is 4. The van der Waals surface area contributed by atoms with Gasteiger partial charge >= 0.3 is 11.9 Å². The number of piperazine rings is 1. The van der Waals surface area contributed by atoms with Gasteiger partial charge in [-0.2, -0.15) is 23.4 Å². The number of halogens is 4. The van der Waals surface area contributed by atoms with Crippen molar-refractivity contribution in [2.24, 2.45) is 0 Å². The normalized spacial score (nSPS) is 20.2. The molecule has 0 bridgehead atoms. The van der Waals surface area contributed by atoms with Gasteiger partial charge in [0, 0.05) is 59.3 Å². The Labute approximate surface area is 268 Å². The lowest BCUT2D eigenvalue weighted by Gasteiger charge is -2.44. The van der Waals surface area contributed by atoms with Gasteiger partial charge in [-0.3, -0.25) is 9.36 Å². The second-order valence-electron chi connectivity index (χ2n) is 11.3. The molecule has 1 unspecified atom stereocenters. The molecular weight excluding hydrogens is 645 g/mol. The Kier molecular flexibility index (Phi) is 8.02. The minimum atomic E-state index is -4.91. The van der Waals surface area contributed by atoms with Crippen molar-refractivity contribution in [2.45, 2.75) is 49.7 Å². The smallest absolute Gasteiger partial charge is 0.389 e. The molecule has 0 aliphatic carbocycles. The molecule has 2 aromatic carbocycles. The van der Waals surface area contributed by atoms with Crippen molar-refractivity contribution < 1.29 is 27.1 Å². The van der Waals surface area contributed by atoms with Gasteiger partial charge in [0.15, 0.2) is 0 Å². The van der Waals surface area contributed by atoms with Gasteiger partial charge in [-0.1, -0.05) is 12.6 Å². The number of carbonyl (C=O) groups is 1. The van der Waals surface area contributed by atoms with E-state index in [1.807, 2.05) is 19.9 Å². The van der Waals surface area contributed by atoms with Gasteiger partial charge in [-0.25, -0.2) is 9.18 Å². The van der Waals surface area contributed by atoms with Crippen molar-refractivity contribution >= 4 is 60.8 Å². The highest BCUT2D eigenvalue weighted by Crippen LogP contribution is 2.51. The maximum Gasteiger partial charge on any atom is 0.417 e. The average Bonchev–Trinajstić information content (AvgIpc) is 3.22. The molecule has 0 saturated carbocycles. The summed E-state index contributed by atoms with van der Waals surface area (Å²) in [5.41, 5.74) is 4.13. The van der Waals surface area contributed by atoms with Gasteiger partial charge < -0.3 is 20.3 Å². The molecule has 240 valence electrons. The minimum Gasteiger partial charge on any atom is -0.389 e. The highest BCUT2D eigenvalue weighted by Gasteiger charge is 2.40. The minimum absolute atomic E-state index is 0.0168. The molecule has 1 amide bonds. The Bertz CT molecular complexity index is 2020. The van der Waals surface area contributed by atoms with Crippen LogP contribution in [0.4, 0.5) is 28.4 Å². The standard InChI is InChI=1S/C31H28F4N6O3S2/c1-5-22(42)41-14(2)10-39(11-15(41)3)29-18-8-20(31(33,34)35)24(17-6-7-21(32)26-23(17)19(9-36)28(37)46-26)27-25(18)40(30(43)38-29)12-16(44-4)13-45-27/h5-8,14-16H,1,10-13,37H2,2-4H3/t14-,15+,16?. The van der Waals surface area contributed by atoms with Crippen LogP contribution in [0.5, 0.6) is 0 Å². The number of fused-ring (bicyclic) bond motifs is 1. The van der Waals surface area contributed by atoms with Gasteiger partial charge in [0.2, 0.25) is 5.91 Å². The number of benzene rings is 2. The summed E-state index contributed by atoms with van der Waals surface area (Å²) in [6.07, 6.45) is -4.23. The maximum atomic E-state index is 15.2. The highest BCUT2D eigenvalue weighted by molar-refractivity contribution is 7.99. The highest BCUT2D eigenvalue weighted by atomic mass is 32.2. The number of alkyl halides is 3. The summed E-state index contributed by atoms with van der Waals surface area (Å²) in [5.74, 6) is -0.723. The van der Waals surface area contributed by atoms with E-state index in [0.717, 1.165) is 35.2 Å². The van der Waals surface area contributed by atoms with Crippen LogP contribution in [0.3, 0.4) is 0 Å². The number of thioether (sulfide) groups is 1. The number of hydrogen-bond acceptors (Lipinski definition) is 9. The third kappa shape index (κ3) is 4.99. The first kappa shape index (κ1) is 31.8. The summed E-state index contributed by atoms with van der Waals surface area (Å²) in [6, 6.07) is 4.47. The van der Waals surface area contributed by atoms with E-state index in [0.29, 0.717) is 0 Å². The van der Waals surface area contributed by atoms with Crippen LogP contribution in [0.1, 0.15) is 25.0 Å². The SMILES string of the molecule is C=CC(=O)N1[C@H](C)CN(c2nc(=O)n3c4c(c(-c5ccc(F)c6sc(N)c(C#N)c56)c(C(F)(F)F)cc24)SCC(OC)C3)C[C@@H]1C. The molecule has 1 fully saturated rings. The van der Waals surface area contributed by atoms with Crippen LogP contribution in [0.15, 0.2) is 40.5 Å². The molecule has 2 aliphatic heterocycles. The number of nitrogens with two attached hydrogens (primary N) is 1. The molecule has 4 aromatic rings. The van der Waals surface area contributed by atoms with Crippen molar-refractivity contribution in [2.75, 3.05) is 36.6 Å². The zero-order valence-corrected chi connectivity index (χ0v) is 26.6. The Morgan fingerprint density at radius 1 is 1.24 bits per heavy atom. The summed E-state index contributed by atoms with van der Waals surface area (Å²) in [5, 5.41) is 9.97. The van der Waals surface area contributed by atoms with Gasteiger partial charge in [-0.05, 0) is 37.6 Å². The van der Waals surface area contributed by atoms with E-state index in [1.54, 1.807) is 9.80 Å². The molecule has 6 rings (SSSR count). The molecule has 4 heterocycles. The van der Waals surface area contributed by atoms with Crippen LogP contribution in [0, 0.1) is 17.1 Å². The number of methoxy groups -OCH3 is 1. The van der Waals surface area contributed by atoms with E-state index in [1.165, 1.54) is 23.8 Å². The Hall–Kier alpha value is -4.13. The van der Waals surface area contributed by atoms with Crippen LogP contribution in [-0.4, -0.2) is 64.5 Å². The number of nitrogens with zero attached hydrogens (tertiary/aromatic N) is 5. The number of carbonyl (C=O) groups excluding carboxylic acids is 1. The fraction of sp³-hybridized carbons (Fsp3) is 0.355. The molecule has 0 radical (unpaired) electrons. The van der Waals surface area contributed by atoms with Crippen LogP contribution in [0.2, 0.25) is 0 Å². The number of hydrogen-bond donors (Lipinski definition) is 1. The van der Waals surface area contributed by atoms with Crippen molar-refractivity contribution in [1.82, 2.24) is 14.5 Å². The first-order valence-electron chi connectivity index (χ1n) is 14.3. The predicted octanol–water partition coefficient (Wildman–Crippen LogP) is 5.62. The van der Waals surface area contributed by atoms with Crippen molar-refractivity contribution in [3.63, 3.8) is 0 Å². The molecule has 15 heteroatoms. The zero-order chi connectivity index (χ0) is 33.2. The summed E-state index contributed by atoms with van der Waals surface area (Å²) >= 11 is 1.88.